The Hall–Kier alpha value is -0.440. The molecule has 4 nitrogen and oxygen atoms in total. The van der Waals surface area contributed by atoms with Gasteiger partial charge in [-0.05, 0) is 47.3 Å². The Kier molecular flexibility index (Phi) is 3.45. The first kappa shape index (κ1) is 13.5. The Morgan fingerprint density at radius 1 is 1.47 bits per heavy atom. The molecule has 2 aromatic rings. The van der Waals surface area contributed by atoms with Gasteiger partial charge in [-0.15, -0.1) is 22.7 Å². The molecule has 0 spiro atoms. The standard InChI is InChI=1S/C11H11BrN2O2S3/c1-6-4-9(18-10(6)12)19(15,16)14-11-13-8(5-17-11)7-2-3-7/h4-5,7H,2-3H2,1H3,(H,13,14). The second kappa shape index (κ2) is 4.83. The number of nitrogens with zero attached hydrogens (tertiary/aromatic N) is 1. The first-order valence-corrected chi connectivity index (χ1v) is 9.67. The first-order chi connectivity index (χ1) is 8.95. The van der Waals surface area contributed by atoms with Gasteiger partial charge in [0.1, 0.15) is 4.21 Å². The molecule has 8 heteroatoms. The van der Waals surface area contributed by atoms with E-state index in [1.54, 1.807) is 6.07 Å². The molecule has 1 saturated carbocycles. The maximum Gasteiger partial charge on any atom is 0.273 e. The number of rotatable bonds is 4. The number of thiophene rings is 1. The number of hydrogen-bond acceptors (Lipinski definition) is 5. The third kappa shape index (κ3) is 2.86. The molecule has 2 aromatic heterocycles. The van der Waals surface area contributed by atoms with E-state index in [2.05, 4.69) is 25.6 Å². The minimum atomic E-state index is -3.52. The molecule has 102 valence electrons. The Labute approximate surface area is 128 Å². The molecule has 3 rings (SSSR count). The number of sulfonamides is 1. The topological polar surface area (TPSA) is 59.1 Å². The van der Waals surface area contributed by atoms with Crippen LogP contribution in [0.15, 0.2) is 19.4 Å². The summed E-state index contributed by atoms with van der Waals surface area (Å²) >= 11 is 5.89. The van der Waals surface area contributed by atoms with Crippen LogP contribution >= 0.6 is 38.6 Å². The molecular weight excluding hydrogens is 368 g/mol. The number of aryl methyl sites for hydroxylation is 1. The average molecular weight is 379 g/mol. The van der Waals surface area contributed by atoms with E-state index in [0.717, 1.165) is 27.9 Å². The van der Waals surface area contributed by atoms with Gasteiger partial charge in [0.05, 0.1) is 9.48 Å². The van der Waals surface area contributed by atoms with Gasteiger partial charge in [-0.3, -0.25) is 4.72 Å². The zero-order chi connectivity index (χ0) is 13.6. The minimum absolute atomic E-state index is 0.306. The van der Waals surface area contributed by atoms with Crippen LogP contribution in [0.25, 0.3) is 0 Å². The highest BCUT2D eigenvalue weighted by atomic mass is 79.9. The molecule has 1 N–H and O–H groups in total. The molecule has 0 aliphatic heterocycles. The predicted octanol–water partition coefficient (Wildman–Crippen LogP) is 3.95. The normalized spacial score (nSPS) is 15.7. The van der Waals surface area contributed by atoms with Gasteiger partial charge in [0, 0.05) is 11.3 Å². The molecule has 0 bridgehead atoms. The van der Waals surface area contributed by atoms with Gasteiger partial charge < -0.3 is 0 Å². The van der Waals surface area contributed by atoms with Gasteiger partial charge in [-0.1, -0.05) is 0 Å². The minimum Gasteiger partial charge on any atom is -0.254 e. The van der Waals surface area contributed by atoms with Crippen molar-refractivity contribution in [1.29, 1.82) is 0 Å². The van der Waals surface area contributed by atoms with Crippen LogP contribution in [-0.4, -0.2) is 13.4 Å². The molecule has 0 atom stereocenters. The highest BCUT2D eigenvalue weighted by Gasteiger charge is 2.27. The quantitative estimate of drug-likeness (QED) is 0.875. The SMILES string of the molecule is Cc1cc(S(=O)(=O)Nc2nc(C3CC3)cs2)sc1Br. The van der Waals surface area contributed by atoms with Gasteiger partial charge in [0.2, 0.25) is 0 Å². The molecule has 0 unspecified atom stereocenters. The lowest BCUT2D eigenvalue weighted by Crippen LogP contribution is -2.11. The maximum atomic E-state index is 12.2. The van der Waals surface area contributed by atoms with Crippen molar-refractivity contribution in [2.75, 3.05) is 4.72 Å². The summed E-state index contributed by atoms with van der Waals surface area (Å²) in [4.78, 5) is 4.33. The van der Waals surface area contributed by atoms with Crippen molar-refractivity contribution in [1.82, 2.24) is 4.98 Å². The first-order valence-electron chi connectivity index (χ1n) is 5.70. The van der Waals surface area contributed by atoms with Crippen LogP contribution in [0.3, 0.4) is 0 Å². The largest absolute Gasteiger partial charge is 0.273 e. The number of nitrogens with one attached hydrogen (secondary N) is 1. The Morgan fingerprint density at radius 3 is 2.79 bits per heavy atom. The number of anilines is 1. The average Bonchev–Trinajstić information content (AvgIpc) is 3.00. The molecule has 2 heterocycles. The van der Waals surface area contributed by atoms with E-state index >= 15 is 0 Å². The van der Waals surface area contributed by atoms with Crippen molar-refractivity contribution in [3.8, 4) is 0 Å². The molecule has 0 radical (unpaired) electrons. The summed E-state index contributed by atoms with van der Waals surface area (Å²) < 4.78 is 28.1. The highest BCUT2D eigenvalue weighted by molar-refractivity contribution is 9.11. The summed E-state index contributed by atoms with van der Waals surface area (Å²) in [7, 11) is -3.52. The van der Waals surface area contributed by atoms with Gasteiger partial charge in [-0.2, -0.15) is 0 Å². The van der Waals surface area contributed by atoms with Crippen molar-refractivity contribution < 1.29 is 8.42 Å². The summed E-state index contributed by atoms with van der Waals surface area (Å²) in [5.74, 6) is 0.535. The van der Waals surface area contributed by atoms with Crippen LogP contribution < -0.4 is 4.72 Å². The number of thiazole rings is 1. The Balaban J connectivity index is 1.83. The lowest BCUT2D eigenvalue weighted by molar-refractivity contribution is 0.603. The predicted molar refractivity (Wildman–Crippen MR) is 81.7 cm³/mol. The number of aromatic nitrogens is 1. The summed E-state index contributed by atoms with van der Waals surface area (Å²) in [6.45, 7) is 1.87. The maximum absolute atomic E-state index is 12.2. The number of hydrogen-bond donors (Lipinski definition) is 1. The van der Waals surface area contributed by atoms with Crippen LogP contribution in [0.5, 0.6) is 0 Å². The van der Waals surface area contributed by atoms with Crippen molar-refractivity contribution in [3.63, 3.8) is 0 Å². The van der Waals surface area contributed by atoms with Crippen molar-refractivity contribution >= 4 is 53.8 Å². The zero-order valence-corrected chi connectivity index (χ0v) is 14.0. The second-order valence-corrected chi connectivity index (χ2v) is 9.62. The molecule has 1 aliphatic carbocycles. The third-order valence-electron chi connectivity index (χ3n) is 2.84. The lowest BCUT2D eigenvalue weighted by Gasteiger charge is -2.01. The van der Waals surface area contributed by atoms with E-state index in [9.17, 15) is 8.42 Å². The van der Waals surface area contributed by atoms with Gasteiger partial charge in [0.25, 0.3) is 10.0 Å². The lowest BCUT2D eigenvalue weighted by atomic mass is 10.3. The Bertz CT molecular complexity index is 697. The van der Waals surface area contributed by atoms with E-state index in [4.69, 9.17) is 0 Å². The fraction of sp³-hybridized carbons (Fsp3) is 0.364. The second-order valence-electron chi connectivity index (χ2n) is 4.48. The van der Waals surface area contributed by atoms with Crippen molar-refractivity contribution in [2.24, 2.45) is 0 Å². The van der Waals surface area contributed by atoms with Crippen LogP contribution in [0.1, 0.15) is 30.0 Å². The third-order valence-corrected chi connectivity index (χ3v) is 7.69. The van der Waals surface area contributed by atoms with Crippen molar-refractivity contribution in [3.05, 3.63) is 26.5 Å². The van der Waals surface area contributed by atoms with E-state index in [1.165, 1.54) is 22.7 Å². The molecule has 1 aliphatic rings. The van der Waals surface area contributed by atoms with Crippen LogP contribution in [0.2, 0.25) is 0 Å². The molecular formula is C11H11BrN2O2S3. The summed E-state index contributed by atoms with van der Waals surface area (Å²) in [6.07, 6.45) is 2.32. The Morgan fingerprint density at radius 2 is 2.21 bits per heavy atom. The van der Waals surface area contributed by atoms with Crippen LogP contribution in [-0.2, 0) is 10.0 Å². The fourth-order valence-corrected chi connectivity index (χ4v) is 5.90. The van der Waals surface area contributed by atoms with Crippen LogP contribution in [0.4, 0.5) is 5.13 Å². The van der Waals surface area contributed by atoms with Gasteiger partial charge >= 0.3 is 0 Å². The fourth-order valence-electron chi connectivity index (χ4n) is 1.63. The summed E-state index contributed by atoms with van der Waals surface area (Å²) in [6, 6.07) is 1.66. The van der Waals surface area contributed by atoms with Crippen LogP contribution in [0, 0.1) is 6.92 Å². The van der Waals surface area contributed by atoms with Gasteiger partial charge in [0.15, 0.2) is 5.13 Å². The van der Waals surface area contributed by atoms with Gasteiger partial charge in [-0.25, -0.2) is 13.4 Å². The monoisotopic (exact) mass is 378 g/mol. The molecule has 0 amide bonds. The van der Waals surface area contributed by atoms with E-state index in [0.29, 0.717) is 15.3 Å². The zero-order valence-electron chi connectivity index (χ0n) is 10.0. The van der Waals surface area contributed by atoms with Crippen molar-refractivity contribution in [2.45, 2.75) is 29.9 Å². The van der Waals surface area contributed by atoms with E-state index < -0.39 is 10.0 Å². The number of halogens is 1. The highest BCUT2D eigenvalue weighted by Crippen LogP contribution is 2.41. The van der Waals surface area contributed by atoms with E-state index in [1.807, 2.05) is 12.3 Å². The molecule has 0 saturated heterocycles. The summed E-state index contributed by atoms with van der Waals surface area (Å²) in [5.41, 5.74) is 1.93. The molecule has 0 aromatic carbocycles. The smallest absolute Gasteiger partial charge is 0.254 e. The summed E-state index contributed by atoms with van der Waals surface area (Å²) in [5, 5.41) is 2.38. The molecule has 1 fully saturated rings. The van der Waals surface area contributed by atoms with E-state index in [-0.39, 0.29) is 0 Å². The molecule has 19 heavy (non-hydrogen) atoms.